The summed E-state index contributed by atoms with van der Waals surface area (Å²) in [5, 5.41) is 3.28. The van der Waals surface area contributed by atoms with E-state index in [1.165, 1.54) is 32.4 Å². The number of carbonyl (C=O) groups is 1. The molecule has 1 aliphatic heterocycles. The molecule has 21 heavy (non-hydrogen) atoms. The zero-order valence-electron chi connectivity index (χ0n) is 14.6. The zero-order chi connectivity index (χ0) is 15.6. The monoisotopic (exact) mass is 294 g/mol. The number of nitrogens with one attached hydrogen (secondary N) is 1. The van der Waals surface area contributed by atoms with Crippen molar-refractivity contribution in [2.45, 2.75) is 66.3 Å². The van der Waals surface area contributed by atoms with E-state index in [1.54, 1.807) is 0 Å². The van der Waals surface area contributed by atoms with Crippen molar-refractivity contribution in [1.29, 1.82) is 0 Å². The molecular formula is C18H34N2O. The molecule has 0 spiro atoms. The van der Waals surface area contributed by atoms with E-state index in [-0.39, 0.29) is 11.8 Å². The van der Waals surface area contributed by atoms with E-state index in [4.69, 9.17) is 0 Å². The Hall–Kier alpha value is -0.570. The van der Waals surface area contributed by atoms with Crippen LogP contribution in [0.4, 0.5) is 0 Å². The van der Waals surface area contributed by atoms with Crippen LogP contribution in [0.15, 0.2) is 0 Å². The second-order valence-electron chi connectivity index (χ2n) is 8.89. The lowest BCUT2D eigenvalue weighted by molar-refractivity contribution is -0.125. The molecule has 0 radical (unpaired) electrons. The molecule has 1 heterocycles. The fourth-order valence-electron chi connectivity index (χ4n) is 3.60. The van der Waals surface area contributed by atoms with Crippen LogP contribution in [0.5, 0.6) is 0 Å². The molecule has 3 nitrogen and oxygen atoms in total. The minimum atomic E-state index is 0.0878. The third kappa shape index (κ3) is 5.98. The van der Waals surface area contributed by atoms with Gasteiger partial charge in [-0.3, -0.25) is 4.79 Å². The van der Waals surface area contributed by atoms with Gasteiger partial charge in [-0.05, 0) is 42.9 Å². The van der Waals surface area contributed by atoms with Crippen molar-refractivity contribution in [3.8, 4) is 0 Å². The minimum Gasteiger partial charge on any atom is -0.352 e. The Balaban J connectivity index is 1.93. The van der Waals surface area contributed by atoms with Gasteiger partial charge in [-0.25, -0.2) is 0 Å². The Morgan fingerprint density at radius 2 is 1.86 bits per heavy atom. The van der Waals surface area contributed by atoms with E-state index in [0.29, 0.717) is 11.5 Å². The van der Waals surface area contributed by atoms with Crippen LogP contribution < -0.4 is 5.32 Å². The highest BCUT2D eigenvalue weighted by atomic mass is 16.1. The maximum absolute atomic E-state index is 12.0. The Morgan fingerprint density at radius 3 is 2.38 bits per heavy atom. The largest absolute Gasteiger partial charge is 0.352 e. The predicted molar refractivity (Wildman–Crippen MR) is 88.1 cm³/mol. The van der Waals surface area contributed by atoms with E-state index in [1.807, 2.05) is 13.8 Å². The molecule has 0 aromatic carbocycles. The summed E-state index contributed by atoms with van der Waals surface area (Å²) >= 11 is 0. The lowest BCUT2D eigenvalue weighted by Gasteiger charge is -2.40. The van der Waals surface area contributed by atoms with E-state index in [0.717, 1.165) is 24.8 Å². The number of piperidine rings is 1. The molecule has 2 fully saturated rings. The summed E-state index contributed by atoms with van der Waals surface area (Å²) < 4.78 is 0. The number of hydrogen-bond acceptors (Lipinski definition) is 2. The number of rotatable bonds is 5. The summed E-state index contributed by atoms with van der Waals surface area (Å²) in [6.45, 7) is 14.5. The maximum Gasteiger partial charge on any atom is 0.222 e. The Kier molecular flexibility index (Phi) is 5.34. The van der Waals surface area contributed by atoms with Crippen LogP contribution in [-0.4, -0.2) is 36.5 Å². The molecule has 122 valence electrons. The summed E-state index contributed by atoms with van der Waals surface area (Å²) in [5.41, 5.74) is 0.375. The van der Waals surface area contributed by atoms with Gasteiger partial charge in [0.05, 0.1) is 0 Å². The fourth-order valence-corrected chi connectivity index (χ4v) is 3.60. The average Bonchev–Trinajstić information content (AvgIpc) is 3.09. The Labute approximate surface area is 130 Å². The highest BCUT2D eigenvalue weighted by molar-refractivity contribution is 5.78. The molecule has 1 amide bonds. The van der Waals surface area contributed by atoms with Crippen molar-refractivity contribution >= 4 is 5.91 Å². The van der Waals surface area contributed by atoms with Gasteiger partial charge in [0.15, 0.2) is 0 Å². The van der Waals surface area contributed by atoms with Gasteiger partial charge >= 0.3 is 0 Å². The summed E-state index contributed by atoms with van der Waals surface area (Å²) in [7, 11) is 0. The summed E-state index contributed by atoms with van der Waals surface area (Å²) in [6, 6.07) is 0.347. The lowest BCUT2D eigenvalue weighted by Crippen LogP contribution is -2.52. The zero-order valence-corrected chi connectivity index (χ0v) is 14.6. The quantitative estimate of drug-likeness (QED) is 0.844. The van der Waals surface area contributed by atoms with Gasteiger partial charge in [-0.15, -0.1) is 0 Å². The highest BCUT2D eigenvalue weighted by Gasteiger charge is 2.33. The number of likely N-dealkylation sites (tertiary alicyclic amines) is 1. The highest BCUT2D eigenvalue weighted by Crippen LogP contribution is 2.34. The van der Waals surface area contributed by atoms with Crippen LogP contribution in [-0.2, 0) is 4.79 Å². The topological polar surface area (TPSA) is 32.3 Å². The third-order valence-corrected chi connectivity index (χ3v) is 4.60. The molecule has 0 bridgehead atoms. The number of hydrogen-bond donors (Lipinski definition) is 1. The smallest absolute Gasteiger partial charge is 0.222 e. The van der Waals surface area contributed by atoms with Crippen molar-refractivity contribution in [2.24, 2.45) is 23.2 Å². The molecule has 1 N–H and O–H groups in total. The average molecular weight is 294 g/mol. The first-order valence-corrected chi connectivity index (χ1v) is 8.75. The Bertz CT molecular complexity index is 355. The standard InChI is InChI=1S/C18H34N2O/c1-13(2)17(21)19-16-8-15(9-18(3,4)5)11-20(12-16)10-14-6-7-14/h13-16H,6-12H2,1-5H3,(H,19,21). The first-order chi connectivity index (χ1) is 9.73. The first kappa shape index (κ1) is 16.8. The molecule has 0 aromatic heterocycles. The molecule has 1 saturated carbocycles. The molecule has 1 saturated heterocycles. The number of nitrogens with zero attached hydrogens (tertiary/aromatic N) is 1. The number of amides is 1. The second kappa shape index (κ2) is 6.68. The molecule has 2 atom stereocenters. The van der Waals surface area contributed by atoms with Crippen LogP contribution in [0, 0.1) is 23.2 Å². The third-order valence-electron chi connectivity index (χ3n) is 4.60. The fraction of sp³-hybridized carbons (Fsp3) is 0.944. The Morgan fingerprint density at radius 1 is 1.19 bits per heavy atom. The maximum atomic E-state index is 12.0. The van der Waals surface area contributed by atoms with Gasteiger partial charge in [-0.2, -0.15) is 0 Å². The molecule has 3 heteroatoms. The molecule has 2 rings (SSSR count). The normalized spacial score (nSPS) is 27.9. The summed E-state index contributed by atoms with van der Waals surface area (Å²) in [6.07, 6.45) is 5.21. The van der Waals surface area contributed by atoms with Crippen molar-refractivity contribution < 1.29 is 4.79 Å². The lowest BCUT2D eigenvalue weighted by atomic mass is 9.80. The molecule has 2 aliphatic rings. The van der Waals surface area contributed by atoms with Gasteiger partial charge in [0.2, 0.25) is 5.91 Å². The van der Waals surface area contributed by atoms with Crippen LogP contribution in [0.3, 0.4) is 0 Å². The van der Waals surface area contributed by atoms with Crippen LogP contribution in [0.2, 0.25) is 0 Å². The summed E-state index contributed by atoms with van der Waals surface area (Å²) in [4.78, 5) is 14.6. The van der Waals surface area contributed by atoms with Crippen LogP contribution in [0.25, 0.3) is 0 Å². The number of carbonyl (C=O) groups excluding carboxylic acids is 1. The van der Waals surface area contributed by atoms with Crippen LogP contribution in [0.1, 0.15) is 60.3 Å². The van der Waals surface area contributed by atoms with Crippen molar-refractivity contribution in [2.75, 3.05) is 19.6 Å². The van der Waals surface area contributed by atoms with Gasteiger partial charge < -0.3 is 10.2 Å². The van der Waals surface area contributed by atoms with Crippen molar-refractivity contribution in [3.63, 3.8) is 0 Å². The first-order valence-electron chi connectivity index (χ1n) is 8.75. The molecular weight excluding hydrogens is 260 g/mol. The predicted octanol–water partition coefficient (Wildman–Crippen LogP) is 3.30. The van der Waals surface area contributed by atoms with E-state index >= 15 is 0 Å². The SMILES string of the molecule is CC(C)C(=O)NC1CC(CC(C)(C)C)CN(CC2CC2)C1. The van der Waals surface area contributed by atoms with Crippen LogP contribution >= 0.6 is 0 Å². The molecule has 1 aliphatic carbocycles. The van der Waals surface area contributed by atoms with Gasteiger partial charge in [0, 0.05) is 31.6 Å². The second-order valence-corrected chi connectivity index (χ2v) is 8.89. The molecule has 0 aromatic rings. The van der Waals surface area contributed by atoms with E-state index in [9.17, 15) is 4.79 Å². The van der Waals surface area contributed by atoms with Crippen molar-refractivity contribution in [3.05, 3.63) is 0 Å². The van der Waals surface area contributed by atoms with Gasteiger partial charge in [-0.1, -0.05) is 34.6 Å². The van der Waals surface area contributed by atoms with Gasteiger partial charge in [0.25, 0.3) is 0 Å². The van der Waals surface area contributed by atoms with E-state index in [2.05, 4.69) is 31.0 Å². The van der Waals surface area contributed by atoms with Gasteiger partial charge in [0.1, 0.15) is 0 Å². The van der Waals surface area contributed by atoms with Crippen molar-refractivity contribution in [1.82, 2.24) is 10.2 Å². The summed E-state index contributed by atoms with van der Waals surface area (Å²) in [5.74, 6) is 1.95. The minimum absolute atomic E-state index is 0.0878. The molecule has 2 unspecified atom stereocenters. The van der Waals surface area contributed by atoms with E-state index < -0.39 is 0 Å².